The maximum Gasteiger partial charge on any atom is 0.255 e. The first-order chi connectivity index (χ1) is 11.5. The zero-order valence-corrected chi connectivity index (χ0v) is 13.5. The number of amides is 2. The quantitative estimate of drug-likeness (QED) is 0.913. The second kappa shape index (κ2) is 6.15. The summed E-state index contributed by atoms with van der Waals surface area (Å²) in [6.45, 7) is 3.28. The van der Waals surface area contributed by atoms with Crippen LogP contribution in [0, 0.1) is 6.92 Å². The third kappa shape index (κ3) is 2.98. The molecule has 8 nitrogen and oxygen atoms in total. The van der Waals surface area contributed by atoms with E-state index in [0.717, 1.165) is 4.90 Å². The Morgan fingerprint density at radius 1 is 1.38 bits per heavy atom. The van der Waals surface area contributed by atoms with Crippen molar-refractivity contribution < 1.29 is 18.7 Å². The maximum absolute atomic E-state index is 11.7. The largest absolute Gasteiger partial charge is 0.496 e. The lowest BCUT2D eigenvalue weighted by molar-refractivity contribution is -0.138. The van der Waals surface area contributed by atoms with Crippen molar-refractivity contribution in [1.29, 1.82) is 0 Å². The molecule has 0 atom stereocenters. The number of nitrogens with zero attached hydrogens (tertiary/aromatic N) is 3. The lowest BCUT2D eigenvalue weighted by atomic mass is 10.1. The molecule has 124 valence electrons. The molecule has 1 aromatic heterocycles. The fraction of sp³-hybridized carbons (Fsp3) is 0.250. The Balaban J connectivity index is 1.87. The average Bonchev–Trinajstić information content (AvgIpc) is 3.13. The Hall–Kier alpha value is -3.16. The highest BCUT2D eigenvalue weighted by Gasteiger charge is 2.25. The summed E-state index contributed by atoms with van der Waals surface area (Å²) < 4.78 is 10.8. The van der Waals surface area contributed by atoms with Gasteiger partial charge in [0.2, 0.25) is 11.8 Å². The molecule has 0 saturated heterocycles. The number of ether oxygens (including phenoxy) is 1. The highest BCUT2D eigenvalue weighted by Crippen LogP contribution is 2.32. The first-order valence-electron chi connectivity index (χ1n) is 7.26. The molecule has 1 aliphatic heterocycles. The van der Waals surface area contributed by atoms with E-state index in [1.54, 1.807) is 32.2 Å². The molecule has 24 heavy (non-hydrogen) atoms. The molecule has 0 radical (unpaired) electrons. The third-order valence-corrected chi connectivity index (χ3v) is 3.53. The Morgan fingerprint density at radius 2 is 2.17 bits per heavy atom. The van der Waals surface area contributed by atoms with Crippen LogP contribution < -0.4 is 10.1 Å². The van der Waals surface area contributed by atoms with Crippen molar-refractivity contribution in [2.24, 2.45) is 0 Å². The minimum atomic E-state index is -0.328. The summed E-state index contributed by atoms with van der Waals surface area (Å²) in [4.78, 5) is 24.3. The number of carbonyl (C=O) groups excluding carboxylic acids is 2. The van der Waals surface area contributed by atoms with E-state index < -0.39 is 0 Å². The van der Waals surface area contributed by atoms with Crippen molar-refractivity contribution in [3.8, 4) is 17.2 Å². The van der Waals surface area contributed by atoms with Crippen LogP contribution in [-0.2, 0) is 9.59 Å². The molecule has 1 aromatic carbocycles. The van der Waals surface area contributed by atoms with Crippen LogP contribution in [-0.4, -0.2) is 40.6 Å². The number of rotatable bonds is 4. The fourth-order valence-electron chi connectivity index (χ4n) is 2.41. The zero-order valence-electron chi connectivity index (χ0n) is 13.5. The summed E-state index contributed by atoms with van der Waals surface area (Å²) in [7, 11) is 1.55. The highest BCUT2D eigenvalue weighted by molar-refractivity contribution is 6.03. The van der Waals surface area contributed by atoms with Crippen LogP contribution in [0.4, 0.5) is 5.69 Å². The van der Waals surface area contributed by atoms with Gasteiger partial charge in [0, 0.05) is 31.3 Å². The molecule has 1 N–H and O–H groups in total. The SMILES string of the molecule is COc1ccc(NC2=CC(=O)N(C(C)=O)C2)cc1-c1nnc(C)o1. The van der Waals surface area contributed by atoms with E-state index in [2.05, 4.69) is 15.5 Å². The van der Waals surface area contributed by atoms with Crippen molar-refractivity contribution in [3.05, 3.63) is 35.9 Å². The van der Waals surface area contributed by atoms with E-state index in [-0.39, 0.29) is 18.4 Å². The van der Waals surface area contributed by atoms with Crippen LogP contribution in [0.3, 0.4) is 0 Å². The molecular formula is C16H16N4O4. The Kier molecular flexibility index (Phi) is 4.03. The van der Waals surface area contributed by atoms with Gasteiger partial charge in [0.25, 0.3) is 11.8 Å². The number of anilines is 1. The molecule has 0 fully saturated rings. The average molecular weight is 328 g/mol. The molecule has 2 aromatic rings. The number of carbonyl (C=O) groups is 2. The van der Waals surface area contributed by atoms with Gasteiger partial charge in [-0.25, -0.2) is 0 Å². The summed E-state index contributed by atoms with van der Waals surface area (Å²) in [6.07, 6.45) is 1.40. The van der Waals surface area contributed by atoms with Crippen LogP contribution >= 0.6 is 0 Å². The van der Waals surface area contributed by atoms with Crippen molar-refractivity contribution in [1.82, 2.24) is 15.1 Å². The Morgan fingerprint density at radius 3 is 2.75 bits per heavy atom. The second-order valence-electron chi connectivity index (χ2n) is 5.28. The molecule has 1 aliphatic rings. The molecular weight excluding hydrogens is 312 g/mol. The van der Waals surface area contributed by atoms with Gasteiger partial charge in [-0.1, -0.05) is 0 Å². The normalized spacial score (nSPS) is 13.9. The molecule has 8 heteroatoms. The van der Waals surface area contributed by atoms with Gasteiger partial charge in [0.1, 0.15) is 5.75 Å². The predicted molar refractivity (Wildman–Crippen MR) is 85.1 cm³/mol. The molecule has 3 rings (SSSR count). The standard InChI is InChI=1S/C16H16N4O4/c1-9-18-19-16(24-9)13-6-11(4-5-14(13)23-3)17-12-7-15(22)20(8-12)10(2)21/h4-7,17H,8H2,1-3H3. The number of hydrogen-bond donors (Lipinski definition) is 1. The van der Waals surface area contributed by atoms with Crippen LogP contribution in [0.15, 0.2) is 34.4 Å². The van der Waals surface area contributed by atoms with Crippen LogP contribution in [0.25, 0.3) is 11.5 Å². The summed E-state index contributed by atoms with van der Waals surface area (Å²) in [5.41, 5.74) is 1.98. The lowest BCUT2D eigenvalue weighted by Crippen LogP contribution is -2.31. The van der Waals surface area contributed by atoms with Crippen LogP contribution in [0.2, 0.25) is 0 Å². The van der Waals surface area contributed by atoms with E-state index in [1.807, 2.05) is 0 Å². The number of nitrogens with one attached hydrogen (secondary N) is 1. The number of imide groups is 1. The molecule has 2 amide bonds. The highest BCUT2D eigenvalue weighted by atomic mass is 16.5. The zero-order chi connectivity index (χ0) is 17.3. The van der Waals surface area contributed by atoms with Gasteiger partial charge in [-0.3, -0.25) is 14.5 Å². The van der Waals surface area contributed by atoms with E-state index in [1.165, 1.54) is 13.0 Å². The van der Waals surface area contributed by atoms with Crippen molar-refractivity contribution in [3.63, 3.8) is 0 Å². The van der Waals surface area contributed by atoms with Gasteiger partial charge < -0.3 is 14.5 Å². The molecule has 0 spiro atoms. The van der Waals surface area contributed by atoms with Gasteiger partial charge in [-0.15, -0.1) is 10.2 Å². The summed E-state index contributed by atoms with van der Waals surface area (Å²) >= 11 is 0. The third-order valence-electron chi connectivity index (χ3n) is 3.53. The number of aromatic nitrogens is 2. The van der Waals surface area contributed by atoms with E-state index in [4.69, 9.17) is 9.15 Å². The Labute approximate surface area is 138 Å². The fourth-order valence-corrected chi connectivity index (χ4v) is 2.41. The van der Waals surface area contributed by atoms with Crippen molar-refractivity contribution in [2.45, 2.75) is 13.8 Å². The smallest absolute Gasteiger partial charge is 0.255 e. The van der Waals surface area contributed by atoms with Gasteiger partial charge in [0.15, 0.2) is 0 Å². The minimum Gasteiger partial charge on any atom is -0.496 e. The number of hydrogen-bond acceptors (Lipinski definition) is 7. The summed E-state index contributed by atoms with van der Waals surface area (Å²) in [5, 5.41) is 10.9. The first-order valence-corrected chi connectivity index (χ1v) is 7.26. The van der Waals surface area contributed by atoms with Gasteiger partial charge >= 0.3 is 0 Å². The van der Waals surface area contributed by atoms with E-state index >= 15 is 0 Å². The van der Waals surface area contributed by atoms with Gasteiger partial charge in [-0.05, 0) is 18.2 Å². The molecule has 2 heterocycles. The number of aryl methyl sites for hydroxylation is 1. The molecule has 0 saturated carbocycles. The molecule has 0 unspecified atom stereocenters. The van der Waals surface area contributed by atoms with Crippen molar-refractivity contribution >= 4 is 17.5 Å². The van der Waals surface area contributed by atoms with Crippen LogP contribution in [0.5, 0.6) is 5.75 Å². The predicted octanol–water partition coefficient (Wildman–Crippen LogP) is 1.74. The van der Waals surface area contributed by atoms with E-state index in [0.29, 0.717) is 34.5 Å². The molecule has 0 aliphatic carbocycles. The summed E-state index contributed by atoms with van der Waals surface area (Å²) in [6, 6.07) is 5.35. The molecule has 0 bridgehead atoms. The number of benzene rings is 1. The van der Waals surface area contributed by atoms with Crippen LogP contribution in [0.1, 0.15) is 12.8 Å². The number of methoxy groups -OCH3 is 1. The van der Waals surface area contributed by atoms with Crippen molar-refractivity contribution in [2.75, 3.05) is 19.0 Å². The minimum absolute atomic E-state index is 0.217. The second-order valence-corrected chi connectivity index (χ2v) is 5.28. The van der Waals surface area contributed by atoms with E-state index in [9.17, 15) is 9.59 Å². The Bertz CT molecular complexity index is 840. The van der Waals surface area contributed by atoms with Gasteiger partial charge in [-0.2, -0.15) is 0 Å². The maximum atomic E-state index is 11.7. The topological polar surface area (TPSA) is 97.6 Å². The first kappa shape index (κ1) is 15.7. The lowest BCUT2D eigenvalue weighted by Gasteiger charge is -2.13. The monoisotopic (exact) mass is 328 g/mol. The van der Waals surface area contributed by atoms with Gasteiger partial charge in [0.05, 0.1) is 19.2 Å². The summed E-state index contributed by atoms with van der Waals surface area (Å²) in [5.74, 6) is 0.767.